The highest BCUT2D eigenvalue weighted by Gasteiger charge is 2.20. The fourth-order valence-corrected chi connectivity index (χ4v) is 3.54. The topological polar surface area (TPSA) is 65.7 Å². The smallest absolute Gasteiger partial charge is 0.349 e. The molecule has 138 valence electrons. The zero-order valence-corrected chi connectivity index (χ0v) is 15.6. The highest BCUT2D eigenvalue weighted by Crippen LogP contribution is 2.32. The van der Waals surface area contributed by atoms with Crippen molar-refractivity contribution >= 4 is 40.1 Å². The minimum atomic E-state index is -0.630. The number of fused-ring (bicyclic) bond motifs is 3. The number of rotatable bonds is 4. The summed E-state index contributed by atoms with van der Waals surface area (Å²) in [7, 11) is 0. The van der Waals surface area contributed by atoms with E-state index in [4.69, 9.17) is 37.1 Å². The monoisotopic (exact) mass is 404 g/mol. The molecule has 0 N–H and O–H groups in total. The lowest BCUT2D eigenvalue weighted by atomic mass is 10.1. The van der Waals surface area contributed by atoms with Crippen LogP contribution in [0.2, 0.25) is 10.0 Å². The van der Waals surface area contributed by atoms with Crippen LogP contribution in [0, 0.1) is 0 Å². The van der Waals surface area contributed by atoms with E-state index in [0.717, 1.165) is 35.8 Å². The summed E-state index contributed by atoms with van der Waals surface area (Å²) in [6.07, 6.45) is 2.57. The molecule has 1 aromatic heterocycles. The summed E-state index contributed by atoms with van der Waals surface area (Å²) in [5.74, 6) is -0.0646. The maximum Gasteiger partial charge on any atom is 0.349 e. The molecule has 1 aliphatic rings. The molecule has 0 saturated heterocycles. The first-order chi connectivity index (χ1) is 13.0. The normalized spacial score (nSPS) is 12.8. The van der Waals surface area contributed by atoms with Crippen molar-refractivity contribution in [1.29, 1.82) is 0 Å². The molecule has 0 fully saturated rings. The fraction of sp³-hybridized carbons (Fsp3) is 0.200. The molecule has 0 saturated carbocycles. The largest absolute Gasteiger partial charge is 0.482 e. The van der Waals surface area contributed by atoms with Crippen LogP contribution in [0.5, 0.6) is 11.5 Å². The molecule has 27 heavy (non-hydrogen) atoms. The summed E-state index contributed by atoms with van der Waals surface area (Å²) in [6, 6.07) is 9.95. The number of carbonyl (C=O) groups is 1. The Hall–Kier alpha value is -2.50. The molecular weight excluding hydrogens is 391 g/mol. The zero-order chi connectivity index (χ0) is 19.0. The van der Waals surface area contributed by atoms with Crippen molar-refractivity contribution in [3.63, 3.8) is 0 Å². The van der Waals surface area contributed by atoms with Gasteiger partial charge in [0.05, 0.1) is 5.02 Å². The van der Waals surface area contributed by atoms with E-state index in [-0.39, 0.29) is 23.0 Å². The molecular formula is C20H14Cl2O5. The Morgan fingerprint density at radius 2 is 1.93 bits per heavy atom. The van der Waals surface area contributed by atoms with Gasteiger partial charge >= 0.3 is 11.6 Å². The van der Waals surface area contributed by atoms with Gasteiger partial charge in [-0.1, -0.05) is 29.3 Å². The second kappa shape index (κ2) is 7.25. The predicted octanol–water partition coefficient (Wildman–Crippen LogP) is 4.57. The van der Waals surface area contributed by atoms with E-state index in [9.17, 15) is 9.59 Å². The minimum absolute atomic E-state index is 0.161. The van der Waals surface area contributed by atoms with E-state index in [1.54, 1.807) is 24.3 Å². The summed E-state index contributed by atoms with van der Waals surface area (Å²) in [5, 5.41) is 1.36. The number of ether oxygens (including phenoxy) is 2. The van der Waals surface area contributed by atoms with E-state index >= 15 is 0 Å². The van der Waals surface area contributed by atoms with E-state index < -0.39 is 5.97 Å². The van der Waals surface area contributed by atoms with Crippen LogP contribution in [0.25, 0.3) is 11.0 Å². The molecule has 1 heterocycles. The van der Waals surface area contributed by atoms with Crippen LogP contribution in [0.15, 0.2) is 45.6 Å². The minimum Gasteiger partial charge on any atom is -0.482 e. The molecule has 0 atom stereocenters. The molecule has 0 bridgehead atoms. The van der Waals surface area contributed by atoms with Gasteiger partial charge in [0, 0.05) is 17.0 Å². The third-order valence-corrected chi connectivity index (χ3v) is 5.24. The molecule has 0 unspecified atom stereocenters. The molecule has 0 spiro atoms. The van der Waals surface area contributed by atoms with Crippen molar-refractivity contribution in [3.8, 4) is 11.5 Å². The van der Waals surface area contributed by atoms with E-state index in [1.807, 2.05) is 6.07 Å². The first-order valence-corrected chi connectivity index (χ1v) is 9.14. The Labute approximate surface area is 164 Å². The molecule has 0 radical (unpaired) electrons. The molecule has 5 nitrogen and oxygen atoms in total. The molecule has 2 aromatic carbocycles. The number of halogens is 2. The summed E-state index contributed by atoms with van der Waals surface area (Å²) < 4.78 is 16.0. The van der Waals surface area contributed by atoms with Gasteiger partial charge in [-0.3, -0.25) is 0 Å². The zero-order valence-electron chi connectivity index (χ0n) is 14.1. The number of hydrogen-bond acceptors (Lipinski definition) is 5. The third-order valence-electron chi connectivity index (χ3n) is 4.44. The van der Waals surface area contributed by atoms with Crippen LogP contribution >= 0.6 is 23.2 Å². The summed E-state index contributed by atoms with van der Waals surface area (Å²) in [5.41, 5.74) is 1.95. The van der Waals surface area contributed by atoms with Gasteiger partial charge in [-0.05, 0) is 49.1 Å². The summed E-state index contributed by atoms with van der Waals surface area (Å²) in [4.78, 5) is 24.1. The second-order valence-corrected chi connectivity index (χ2v) is 6.96. The van der Waals surface area contributed by atoms with Crippen molar-refractivity contribution in [1.82, 2.24) is 0 Å². The van der Waals surface area contributed by atoms with Gasteiger partial charge in [0.2, 0.25) is 0 Å². The quantitative estimate of drug-likeness (QED) is 0.361. The number of benzene rings is 2. The number of carbonyl (C=O) groups excluding carboxylic acids is 1. The Morgan fingerprint density at radius 3 is 2.78 bits per heavy atom. The van der Waals surface area contributed by atoms with Crippen molar-refractivity contribution in [2.45, 2.75) is 19.3 Å². The molecule has 7 heteroatoms. The number of aryl methyl sites for hydroxylation is 1. The van der Waals surface area contributed by atoms with Crippen LogP contribution in [0.4, 0.5) is 0 Å². The first kappa shape index (κ1) is 17.9. The van der Waals surface area contributed by atoms with Crippen molar-refractivity contribution in [2.24, 2.45) is 0 Å². The van der Waals surface area contributed by atoms with Gasteiger partial charge in [0.25, 0.3) is 0 Å². The van der Waals surface area contributed by atoms with Crippen LogP contribution < -0.4 is 15.1 Å². The van der Waals surface area contributed by atoms with Gasteiger partial charge in [-0.2, -0.15) is 0 Å². The van der Waals surface area contributed by atoms with Crippen LogP contribution in [0.3, 0.4) is 0 Å². The standard InChI is InChI=1S/C20H14Cl2O5/c21-15-5-2-6-16(19(15)22)26-18(23)10-25-11-7-8-13-12-3-1-4-14(12)20(24)27-17(13)9-11/h2,5-9H,1,3-4,10H2. The Bertz CT molecular complexity index is 1100. The van der Waals surface area contributed by atoms with Crippen LogP contribution in [-0.4, -0.2) is 12.6 Å². The molecule has 3 aromatic rings. The number of esters is 1. The average Bonchev–Trinajstić information content (AvgIpc) is 3.14. The SMILES string of the molecule is O=C(COc1ccc2c3c(c(=O)oc2c1)CCC3)Oc1cccc(Cl)c1Cl. The molecule has 1 aliphatic carbocycles. The Kier molecular flexibility index (Phi) is 4.81. The van der Waals surface area contributed by atoms with E-state index in [1.165, 1.54) is 6.07 Å². The third kappa shape index (κ3) is 3.53. The van der Waals surface area contributed by atoms with Gasteiger partial charge in [0.15, 0.2) is 12.4 Å². The van der Waals surface area contributed by atoms with Crippen molar-refractivity contribution in [2.75, 3.05) is 6.61 Å². The Morgan fingerprint density at radius 1 is 1.11 bits per heavy atom. The molecule has 4 rings (SSSR count). The fourth-order valence-electron chi connectivity index (χ4n) is 3.21. The summed E-state index contributed by atoms with van der Waals surface area (Å²) >= 11 is 11.9. The highest BCUT2D eigenvalue weighted by molar-refractivity contribution is 6.43. The lowest BCUT2D eigenvalue weighted by molar-refractivity contribution is -0.136. The lowest BCUT2D eigenvalue weighted by Crippen LogP contribution is -2.18. The first-order valence-electron chi connectivity index (χ1n) is 8.39. The van der Waals surface area contributed by atoms with E-state index in [2.05, 4.69) is 0 Å². The maximum absolute atomic E-state index is 12.1. The van der Waals surface area contributed by atoms with Gasteiger partial charge < -0.3 is 13.9 Å². The van der Waals surface area contributed by atoms with Crippen molar-refractivity contribution < 1.29 is 18.7 Å². The second-order valence-electron chi connectivity index (χ2n) is 6.17. The van der Waals surface area contributed by atoms with Gasteiger partial charge in [-0.25, -0.2) is 9.59 Å². The predicted molar refractivity (Wildman–Crippen MR) is 102 cm³/mol. The summed E-state index contributed by atoms with van der Waals surface area (Å²) in [6.45, 7) is -0.330. The van der Waals surface area contributed by atoms with Gasteiger partial charge in [-0.15, -0.1) is 0 Å². The highest BCUT2D eigenvalue weighted by atomic mass is 35.5. The average molecular weight is 405 g/mol. The lowest BCUT2D eigenvalue weighted by Gasteiger charge is -2.09. The van der Waals surface area contributed by atoms with E-state index in [0.29, 0.717) is 16.4 Å². The van der Waals surface area contributed by atoms with Crippen molar-refractivity contribution in [3.05, 3.63) is 68.0 Å². The molecule has 0 amide bonds. The molecule has 0 aliphatic heterocycles. The maximum atomic E-state index is 12.1. The van der Waals surface area contributed by atoms with Crippen LogP contribution in [-0.2, 0) is 17.6 Å². The van der Waals surface area contributed by atoms with Crippen LogP contribution in [0.1, 0.15) is 17.5 Å². The van der Waals surface area contributed by atoms with Gasteiger partial charge in [0.1, 0.15) is 16.4 Å². The Balaban J connectivity index is 1.49. The number of hydrogen-bond donors (Lipinski definition) is 0.